The number of nitrogens with one attached hydrogen (secondary N) is 1. The van der Waals surface area contributed by atoms with Crippen LogP contribution in [0.4, 0.5) is 5.69 Å². The molecule has 1 amide bonds. The van der Waals surface area contributed by atoms with Gasteiger partial charge in [-0.2, -0.15) is 0 Å². The first kappa shape index (κ1) is 25.4. The number of rotatable bonds is 11. The fourth-order valence-corrected chi connectivity index (χ4v) is 4.59. The largest absolute Gasteiger partial charge is 0.492 e. The summed E-state index contributed by atoms with van der Waals surface area (Å²) in [4.78, 5) is 12.6. The van der Waals surface area contributed by atoms with Crippen LogP contribution in [0.25, 0.3) is 0 Å². The van der Waals surface area contributed by atoms with Crippen molar-refractivity contribution in [1.29, 1.82) is 0 Å². The minimum Gasteiger partial charge on any atom is -0.492 e. The SMILES string of the molecule is CCc1cccc(CC)c1NC(=O)CSc1nnc(CCCOc2ccc(Cl)cc2Cl)n1C. The van der Waals surface area contributed by atoms with E-state index in [-0.39, 0.29) is 11.7 Å². The van der Waals surface area contributed by atoms with Gasteiger partial charge in [-0.05, 0) is 48.6 Å². The number of aromatic nitrogens is 3. The molecule has 0 aliphatic heterocycles. The van der Waals surface area contributed by atoms with Crippen molar-refractivity contribution in [2.45, 2.75) is 44.7 Å². The zero-order chi connectivity index (χ0) is 23.8. The lowest BCUT2D eigenvalue weighted by Gasteiger charge is -2.14. The molecule has 0 spiro atoms. The monoisotopic (exact) mass is 506 g/mol. The number of benzene rings is 2. The van der Waals surface area contributed by atoms with E-state index in [1.54, 1.807) is 18.2 Å². The number of amides is 1. The third-order valence-corrected chi connectivity index (χ3v) is 6.77. The van der Waals surface area contributed by atoms with E-state index >= 15 is 0 Å². The summed E-state index contributed by atoms with van der Waals surface area (Å²) in [7, 11) is 1.91. The first-order valence-electron chi connectivity index (χ1n) is 10.9. The van der Waals surface area contributed by atoms with E-state index < -0.39 is 0 Å². The van der Waals surface area contributed by atoms with E-state index in [9.17, 15) is 4.79 Å². The number of thioether (sulfide) groups is 1. The molecule has 0 fully saturated rings. The Morgan fingerprint density at radius 2 is 1.85 bits per heavy atom. The van der Waals surface area contributed by atoms with Crippen LogP contribution in [0.1, 0.15) is 37.2 Å². The lowest BCUT2D eigenvalue weighted by atomic mass is 10.0. The number of hydrogen-bond donors (Lipinski definition) is 1. The highest BCUT2D eigenvalue weighted by atomic mass is 35.5. The summed E-state index contributed by atoms with van der Waals surface area (Å²) in [6.45, 7) is 4.68. The third-order valence-electron chi connectivity index (χ3n) is 5.22. The van der Waals surface area contributed by atoms with Crippen LogP contribution in [0.3, 0.4) is 0 Å². The van der Waals surface area contributed by atoms with Crippen molar-refractivity contribution in [3.63, 3.8) is 0 Å². The number of para-hydroxylation sites is 1. The summed E-state index contributed by atoms with van der Waals surface area (Å²) >= 11 is 13.4. The maximum atomic E-state index is 12.6. The quantitative estimate of drug-likeness (QED) is 0.255. The molecular formula is C24H28Cl2N4O2S. The van der Waals surface area contributed by atoms with Gasteiger partial charge in [-0.25, -0.2) is 0 Å². The normalized spacial score (nSPS) is 10.9. The van der Waals surface area contributed by atoms with Crippen LogP contribution >= 0.6 is 35.0 Å². The van der Waals surface area contributed by atoms with E-state index in [1.807, 2.05) is 17.7 Å². The van der Waals surface area contributed by atoms with E-state index in [0.29, 0.717) is 34.0 Å². The molecule has 1 heterocycles. The molecular weight excluding hydrogens is 479 g/mol. The zero-order valence-electron chi connectivity index (χ0n) is 19.0. The highest BCUT2D eigenvalue weighted by Crippen LogP contribution is 2.28. The highest BCUT2D eigenvalue weighted by Gasteiger charge is 2.14. The van der Waals surface area contributed by atoms with Crippen LogP contribution in [-0.2, 0) is 31.1 Å². The molecule has 0 aliphatic rings. The molecule has 1 N–H and O–H groups in total. The predicted octanol–water partition coefficient (Wildman–Crippen LogP) is 5.99. The number of carbonyl (C=O) groups is 1. The summed E-state index contributed by atoms with van der Waals surface area (Å²) in [5.41, 5.74) is 3.24. The summed E-state index contributed by atoms with van der Waals surface area (Å²) in [6.07, 6.45) is 3.20. The van der Waals surface area contributed by atoms with Crippen LogP contribution in [0.15, 0.2) is 41.6 Å². The summed E-state index contributed by atoms with van der Waals surface area (Å²) < 4.78 is 7.65. The maximum absolute atomic E-state index is 12.6. The van der Waals surface area contributed by atoms with Crippen molar-refractivity contribution >= 4 is 46.6 Å². The van der Waals surface area contributed by atoms with Crippen LogP contribution < -0.4 is 10.1 Å². The Kier molecular flexibility index (Phi) is 9.47. The highest BCUT2D eigenvalue weighted by molar-refractivity contribution is 7.99. The maximum Gasteiger partial charge on any atom is 0.234 e. The van der Waals surface area contributed by atoms with E-state index in [1.165, 1.54) is 11.8 Å². The molecule has 9 heteroatoms. The molecule has 3 aromatic rings. The van der Waals surface area contributed by atoms with Gasteiger partial charge in [-0.3, -0.25) is 4.79 Å². The van der Waals surface area contributed by atoms with Gasteiger partial charge in [0.15, 0.2) is 5.16 Å². The second-order valence-corrected chi connectivity index (χ2v) is 9.27. The van der Waals surface area contributed by atoms with Gasteiger partial charge < -0.3 is 14.6 Å². The van der Waals surface area contributed by atoms with Crippen molar-refractivity contribution in [2.75, 3.05) is 17.7 Å². The Morgan fingerprint density at radius 3 is 2.52 bits per heavy atom. The number of ether oxygens (including phenoxy) is 1. The molecule has 3 rings (SSSR count). The molecule has 0 aliphatic carbocycles. The summed E-state index contributed by atoms with van der Waals surface area (Å²) in [5.74, 6) is 1.67. The Balaban J connectivity index is 1.49. The van der Waals surface area contributed by atoms with Crippen LogP contribution in [0.2, 0.25) is 10.0 Å². The van der Waals surface area contributed by atoms with E-state index in [2.05, 4.69) is 41.5 Å². The van der Waals surface area contributed by atoms with Gasteiger partial charge in [0.2, 0.25) is 5.91 Å². The molecule has 1 aromatic heterocycles. The van der Waals surface area contributed by atoms with Gasteiger partial charge in [0.25, 0.3) is 0 Å². The average Bonchev–Trinajstić information content (AvgIpc) is 3.15. The van der Waals surface area contributed by atoms with E-state index in [4.69, 9.17) is 27.9 Å². The summed E-state index contributed by atoms with van der Waals surface area (Å²) in [6, 6.07) is 11.3. The fourth-order valence-electron chi connectivity index (χ4n) is 3.40. The topological polar surface area (TPSA) is 69.0 Å². The zero-order valence-corrected chi connectivity index (χ0v) is 21.4. The molecule has 0 atom stereocenters. The van der Waals surface area contributed by atoms with Crippen LogP contribution in [0, 0.1) is 0 Å². The fraction of sp³-hybridized carbons (Fsp3) is 0.375. The van der Waals surface area contributed by atoms with E-state index in [0.717, 1.165) is 41.9 Å². The number of carbonyl (C=O) groups excluding carboxylic acids is 1. The average molecular weight is 507 g/mol. The first-order chi connectivity index (χ1) is 15.9. The second kappa shape index (κ2) is 12.3. The van der Waals surface area contributed by atoms with Gasteiger partial charge in [-0.15, -0.1) is 10.2 Å². The third kappa shape index (κ3) is 6.88. The molecule has 0 saturated heterocycles. The van der Waals surface area contributed by atoms with Gasteiger partial charge in [-0.1, -0.05) is 67.0 Å². The Hall–Kier alpha value is -2.22. The van der Waals surface area contributed by atoms with Crippen LogP contribution in [-0.4, -0.2) is 33.0 Å². The first-order valence-corrected chi connectivity index (χ1v) is 12.7. The standard InChI is InChI=1S/C24H28Cl2N4O2S/c1-4-16-8-6-9-17(5-2)23(16)27-22(31)15-33-24-29-28-21(30(24)3)10-7-13-32-20-12-11-18(25)14-19(20)26/h6,8-9,11-12,14H,4-5,7,10,13,15H2,1-3H3,(H,27,31). The van der Waals surface area contributed by atoms with Crippen molar-refractivity contribution in [2.24, 2.45) is 7.05 Å². The lowest BCUT2D eigenvalue weighted by Crippen LogP contribution is -2.17. The van der Waals surface area contributed by atoms with Crippen LogP contribution in [0.5, 0.6) is 5.75 Å². The smallest absolute Gasteiger partial charge is 0.234 e. The van der Waals surface area contributed by atoms with Crippen molar-refractivity contribution < 1.29 is 9.53 Å². The second-order valence-electron chi connectivity index (χ2n) is 7.48. The molecule has 6 nitrogen and oxygen atoms in total. The molecule has 0 saturated carbocycles. The van der Waals surface area contributed by atoms with Gasteiger partial charge in [0.05, 0.1) is 17.4 Å². The van der Waals surface area contributed by atoms with Crippen molar-refractivity contribution in [1.82, 2.24) is 14.8 Å². The lowest BCUT2D eigenvalue weighted by molar-refractivity contribution is -0.113. The summed E-state index contributed by atoms with van der Waals surface area (Å²) in [5, 5.41) is 13.4. The van der Waals surface area contributed by atoms with Crippen molar-refractivity contribution in [3.8, 4) is 5.75 Å². The predicted molar refractivity (Wildman–Crippen MR) is 136 cm³/mol. The van der Waals surface area contributed by atoms with Gasteiger partial charge in [0, 0.05) is 24.2 Å². The minimum atomic E-state index is -0.0478. The Labute approximate surface area is 209 Å². The molecule has 0 bridgehead atoms. The molecule has 176 valence electrons. The Morgan fingerprint density at radius 1 is 1.12 bits per heavy atom. The molecule has 0 unspecified atom stereocenters. The van der Waals surface area contributed by atoms with Gasteiger partial charge >= 0.3 is 0 Å². The Bertz CT molecular complexity index is 1080. The van der Waals surface area contributed by atoms with Gasteiger partial charge in [0.1, 0.15) is 11.6 Å². The number of aryl methyl sites for hydroxylation is 3. The molecule has 2 aromatic carbocycles. The number of anilines is 1. The minimum absolute atomic E-state index is 0.0478. The number of hydrogen-bond acceptors (Lipinski definition) is 5. The molecule has 33 heavy (non-hydrogen) atoms. The number of halogens is 2. The molecule has 0 radical (unpaired) electrons. The number of nitrogens with zero attached hydrogens (tertiary/aromatic N) is 3. The van der Waals surface area contributed by atoms with Crippen molar-refractivity contribution in [3.05, 3.63) is 63.4 Å².